The van der Waals surface area contributed by atoms with Gasteiger partial charge in [-0.15, -0.1) is 0 Å². The lowest BCUT2D eigenvalue weighted by molar-refractivity contribution is 0.102. The van der Waals surface area contributed by atoms with Crippen molar-refractivity contribution in [3.8, 4) is 0 Å². The Morgan fingerprint density at radius 1 is 1.35 bits per heavy atom. The zero-order chi connectivity index (χ0) is 14.7. The van der Waals surface area contributed by atoms with E-state index in [0.29, 0.717) is 16.4 Å². The maximum Gasteiger partial charge on any atom is 0.258 e. The van der Waals surface area contributed by atoms with E-state index in [1.165, 1.54) is 12.3 Å². The van der Waals surface area contributed by atoms with Gasteiger partial charge in [-0.05, 0) is 18.2 Å². The van der Waals surface area contributed by atoms with Crippen LogP contribution in [-0.2, 0) is 0 Å². The number of para-hydroxylation sites is 1. The van der Waals surface area contributed by atoms with Gasteiger partial charge in [0, 0.05) is 20.3 Å². The lowest BCUT2D eigenvalue weighted by atomic mass is 10.2. The van der Waals surface area contributed by atoms with Gasteiger partial charge in [0.1, 0.15) is 0 Å². The SMILES string of the molecule is CN(C)c1c(Cl)cccc1NC(=O)c1ccncc1F. The van der Waals surface area contributed by atoms with Crippen molar-refractivity contribution in [1.29, 1.82) is 0 Å². The summed E-state index contributed by atoms with van der Waals surface area (Å²) < 4.78 is 13.5. The Bertz CT molecular complexity index is 646. The first-order valence-electron chi connectivity index (χ1n) is 5.87. The van der Waals surface area contributed by atoms with Crippen LogP contribution in [0.1, 0.15) is 10.4 Å². The summed E-state index contributed by atoms with van der Waals surface area (Å²) in [6, 6.07) is 6.47. The molecule has 1 aromatic carbocycles. The summed E-state index contributed by atoms with van der Waals surface area (Å²) in [6.45, 7) is 0. The Kier molecular flexibility index (Phi) is 4.20. The molecule has 104 valence electrons. The number of rotatable bonds is 3. The normalized spacial score (nSPS) is 10.2. The summed E-state index contributed by atoms with van der Waals surface area (Å²) >= 11 is 6.11. The highest BCUT2D eigenvalue weighted by atomic mass is 35.5. The van der Waals surface area contributed by atoms with Crippen molar-refractivity contribution in [2.45, 2.75) is 0 Å². The van der Waals surface area contributed by atoms with Gasteiger partial charge in [-0.2, -0.15) is 0 Å². The maximum atomic E-state index is 13.5. The number of halogens is 2. The summed E-state index contributed by atoms with van der Waals surface area (Å²) in [6.07, 6.45) is 2.36. The Hall–Kier alpha value is -2.14. The highest BCUT2D eigenvalue weighted by Gasteiger charge is 2.15. The third kappa shape index (κ3) is 2.88. The van der Waals surface area contributed by atoms with Crippen LogP contribution < -0.4 is 10.2 Å². The molecule has 0 saturated heterocycles. The van der Waals surface area contributed by atoms with Gasteiger partial charge in [-0.1, -0.05) is 17.7 Å². The van der Waals surface area contributed by atoms with Gasteiger partial charge in [0.05, 0.1) is 28.2 Å². The van der Waals surface area contributed by atoms with Crippen LogP contribution in [0.3, 0.4) is 0 Å². The molecule has 0 saturated carbocycles. The van der Waals surface area contributed by atoms with E-state index in [1.807, 2.05) is 14.1 Å². The second-order valence-electron chi connectivity index (χ2n) is 4.34. The van der Waals surface area contributed by atoms with Crippen molar-refractivity contribution in [1.82, 2.24) is 4.98 Å². The van der Waals surface area contributed by atoms with E-state index in [9.17, 15) is 9.18 Å². The van der Waals surface area contributed by atoms with E-state index in [-0.39, 0.29) is 5.56 Å². The molecule has 0 aliphatic rings. The number of carbonyl (C=O) groups is 1. The summed E-state index contributed by atoms with van der Waals surface area (Å²) in [4.78, 5) is 17.5. The van der Waals surface area contributed by atoms with E-state index in [0.717, 1.165) is 6.20 Å². The summed E-state index contributed by atoms with van der Waals surface area (Å²) in [5, 5.41) is 3.16. The molecule has 1 aromatic heterocycles. The van der Waals surface area contributed by atoms with Gasteiger partial charge in [-0.25, -0.2) is 4.39 Å². The molecule has 0 radical (unpaired) electrons. The average molecular weight is 294 g/mol. The molecule has 0 unspecified atom stereocenters. The molecule has 20 heavy (non-hydrogen) atoms. The minimum absolute atomic E-state index is 0.0651. The third-order valence-corrected chi connectivity index (χ3v) is 3.00. The largest absolute Gasteiger partial charge is 0.375 e. The minimum Gasteiger partial charge on any atom is -0.375 e. The van der Waals surface area contributed by atoms with Gasteiger partial charge < -0.3 is 10.2 Å². The fraction of sp³-hybridized carbons (Fsp3) is 0.143. The first-order chi connectivity index (χ1) is 9.50. The van der Waals surface area contributed by atoms with Crippen LogP contribution in [-0.4, -0.2) is 25.0 Å². The molecule has 1 N–H and O–H groups in total. The lowest BCUT2D eigenvalue weighted by Gasteiger charge is -2.19. The summed E-state index contributed by atoms with van der Waals surface area (Å²) in [5.74, 6) is -1.21. The second kappa shape index (κ2) is 5.88. The number of hydrogen-bond donors (Lipinski definition) is 1. The Morgan fingerprint density at radius 3 is 2.75 bits per heavy atom. The molecule has 0 aliphatic carbocycles. The average Bonchev–Trinajstić information content (AvgIpc) is 2.38. The van der Waals surface area contributed by atoms with E-state index in [4.69, 9.17) is 11.6 Å². The van der Waals surface area contributed by atoms with E-state index in [2.05, 4.69) is 10.3 Å². The highest BCUT2D eigenvalue weighted by molar-refractivity contribution is 6.34. The molecule has 2 aromatic rings. The van der Waals surface area contributed by atoms with Crippen LogP contribution in [0.4, 0.5) is 15.8 Å². The van der Waals surface area contributed by atoms with Gasteiger partial charge in [0.15, 0.2) is 5.82 Å². The zero-order valence-electron chi connectivity index (χ0n) is 11.0. The number of carbonyl (C=O) groups excluding carboxylic acids is 1. The maximum absolute atomic E-state index is 13.5. The van der Waals surface area contributed by atoms with Crippen LogP contribution >= 0.6 is 11.6 Å². The molecule has 1 heterocycles. The quantitative estimate of drug-likeness (QED) is 0.945. The molecule has 4 nitrogen and oxygen atoms in total. The number of nitrogens with zero attached hydrogens (tertiary/aromatic N) is 2. The van der Waals surface area contributed by atoms with E-state index in [1.54, 1.807) is 23.1 Å². The van der Waals surface area contributed by atoms with Crippen molar-refractivity contribution in [3.05, 3.63) is 53.1 Å². The number of pyridine rings is 1. The molecule has 0 bridgehead atoms. The number of aromatic nitrogens is 1. The first kappa shape index (κ1) is 14.3. The Labute approximate surface area is 121 Å². The Morgan fingerprint density at radius 2 is 2.10 bits per heavy atom. The molecule has 0 spiro atoms. The first-order valence-corrected chi connectivity index (χ1v) is 6.25. The number of nitrogens with one attached hydrogen (secondary N) is 1. The predicted octanol–water partition coefficient (Wildman–Crippen LogP) is 3.19. The summed E-state index contributed by atoms with van der Waals surface area (Å²) in [7, 11) is 3.62. The number of benzene rings is 1. The molecule has 6 heteroatoms. The van der Waals surface area contributed by atoms with Gasteiger partial charge in [0.2, 0.25) is 0 Å². The third-order valence-electron chi connectivity index (χ3n) is 2.70. The molecular weight excluding hydrogens is 281 g/mol. The van der Waals surface area contributed by atoms with Crippen molar-refractivity contribution in [3.63, 3.8) is 0 Å². The van der Waals surface area contributed by atoms with Crippen LogP contribution in [0.25, 0.3) is 0 Å². The fourth-order valence-electron chi connectivity index (χ4n) is 1.82. The van der Waals surface area contributed by atoms with Crippen molar-refractivity contribution in [2.75, 3.05) is 24.3 Å². The van der Waals surface area contributed by atoms with Crippen molar-refractivity contribution >= 4 is 28.9 Å². The molecular formula is C14H13ClFN3O. The smallest absolute Gasteiger partial charge is 0.258 e. The van der Waals surface area contributed by atoms with Gasteiger partial charge in [0.25, 0.3) is 5.91 Å². The number of anilines is 2. The number of amides is 1. The standard InChI is InChI=1S/C14H13ClFN3O/c1-19(2)13-10(15)4-3-5-12(13)18-14(20)9-6-7-17-8-11(9)16/h3-8H,1-2H3,(H,18,20). The van der Waals surface area contributed by atoms with Crippen LogP contribution in [0.15, 0.2) is 36.7 Å². The van der Waals surface area contributed by atoms with Crippen LogP contribution in [0.5, 0.6) is 0 Å². The highest BCUT2D eigenvalue weighted by Crippen LogP contribution is 2.32. The zero-order valence-corrected chi connectivity index (χ0v) is 11.8. The van der Waals surface area contributed by atoms with Gasteiger partial charge in [-0.3, -0.25) is 9.78 Å². The molecule has 2 rings (SSSR count). The lowest BCUT2D eigenvalue weighted by Crippen LogP contribution is -2.18. The van der Waals surface area contributed by atoms with E-state index < -0.39 is 11.7 Å². The molecule has 0 atom stereocenters. The van der Waals surface area contributed by atoms with Gasteiger partial charge >= 0.3 is 0 Å². The van der Waals surface area contributed by atoms with Crippen molar-refractivity contribution < 1.29 is 9.18 Å². The second-order valence-corrected chi connectivity index (χ2v) is 4.75. The molecule has 1 amide bonds. The summed E-state index contributed by atoms with van der Waals surface area (Å²) in [5.41, 5.74) is 1.12. The molecule has 0 fully saturated rings. The fourth-order valence-corrected chi connectivity index (χ4v) is 2.16. The van der Waals surface area contributed by atoms with Crippen LogP contribution in [0, 0.1) is 5.82 Å². The Balaban J connectivity index is 2.34. The van der Waals surface area contributed by atoms with Crippen molar-refractivity contribution in [2.24, 2.45) is 0 Å². The number of hydrogen-bond acceptors (Lipinski definition) is 3. The topological polar surface area (TPSA) is 45.2 Å². The minimum atomic E-state index is -0.668. The predicted molar refractivity (Wildman–Crippen MR) is 77.9 cm³/mol. The van der Waals surface area contributed by atoms with E-state index >= 15 is 0 Å². The monoisotopic (exact) mass is 293 g/mol. The van der Waals surface area contributed by atoms with Crippen LogP contribution in [0.2, 0.25) is 5.02 Å². The molecule has 0 aliphatic heterocycles.